The van der Waals surface area contributed by atoms with Gasteiger partial charge in [-0.15, -0.1) is 11.8 Å². The number of thioether (sulfide) groups is 1. The van der Waals surface area contributed by atoms with E-state index >= 15 is 0 Å². The zero-order valence-electron chi connectivity index (χ0n) is 10.9. The number of carbonyl (C=O) groups is 1. The highest BCUT2D eigenvalue weighted by molar-refractivity contribution is 9.10. The van der Waals surface area contributed by atoms with Crippen LogP contribution in [0.4, 0.5) is 0 Å². The molecule has 5 nitrogen and oxygen atoms in total. The number of aromatic nitrogens is 2. The quantitative estimate of drug-likeness (QED) is 0.806. The van der Waals surface area contributed by atoms with Crippen LogP contribution in [0.3, 0.4) is 0 Å². The van der Waals surface area contributed by atoms with Gasteiger partial charge in [0.15, 0.2) is 5.82 Å². The number of amides is 1. The van der Waals surface area contributed by atoms with Gasteiger partial charge in [0.2, 0.25) is 11.8 Å². The van der Waals surface area contributed by atoms with E-state index in [9.17, 15) is 4.79 Å². The first-order valence-electron chi connectivity index (χ1n) is 6.08. The molecular formula is C13H14BrN3O2S. The second kappa shape index (κ2) is 7.44. The molecule has 1 amide bonds. The van der Waals surface area contributed by atoms with Crippen molar-refractivity contribution in [3.05, 3.63) is 40.5 Å². The Morgan fingerprint density at radius 1 is 1.40 bits per heavy atom. The van der Waals surface area contributed by atoms with E-state index in [0.717, 1.165) is 9.37 Å². The fourth-order valence-electron chi connectivity index (χ4n) is 1.48. The summed E-state index contributed by atoms with van der Waals surface area (Å²) in [5.74, 6) is 1.54. The minimum atomic E-state index is -0.00541. The molecule has 1 aromatic carbocycles. The topological polar surface area (TPSA) is 68.0 Å². The monoisotopic (exact) mass is 355 g/mol. The molecule has 0 aliphatic carbocycles. The Morgan fingerprint density at radius 2 is 2.15 bits per heavy atom. The molecule has 20 heavy (non-hydrogen) atoms. The van der Waals surface area contributed by atoms with E-state index < -0.39 is 0 Å². The van der Waals surface area contributed by atoms with Gasteiger partial charge in [0.05, 0.1) is 5.75 Å². The summed E-state index contributed by atoms with van der Waals surface area (Å²) in [5, 5.41) is 6.52. The largest absolute Gasteiger partial charge is 0.355 e. The summed E-state index contributed by atoms with van der Waals surface area (Å²) in [4.78, 5) is 16.8. The molecule has 2 rings (SSSR count). The summed E-state index contributed by atoms with van der Waals surface area (Å²) in [6.07, 6.45) is 0.551. The Balaban J connectivity index is 1.66. The van der Waals surface area contributed by atoms with Crippen molar-refractivity contribution < 1.29 is 9.32 Å². The van der Waals surface area contributed by atoms with Gasteiger partial charge in [0.25, 0.3) is 0 Å². The fourth-order valence-corrected chi connectivity index (χ4v) is 2.47. The summed E-state index contributed by atoms with van der Waals surface area (Å²) < 4.78 is 5.99. The van der Waals surface area contributed by atoms with Gasteiger partial charge in [-0.3, -0.25) is 4.79 Å². The predicted molar refractivity (Wildman–Crippen MR) is 80.6 cm³/mol. The zero-order valence-corrected chi connectivity index (χ0v) is 13.3. The standard InChI is InChI=1S/C13H14BrN3O2S/c1-9-16-13(19-17-9)6-7-15-12(18)8-20-11-4-2-10(14)3-5-11/h2-5H,6-8H2,1H3,(H,15,18). The molecule has 0 saturated carbocycles. The molecule has 0 fully saturated rings. The van der Waals surface area contributed by atoms with Crippen molar-refractivity contribution in [1.29, 1.82) is 0 Å². The second-order valence-corrected chi connectivity index (χ2v) is 6.04. The molecule has 7 heteroatoms. The van der Waals surface area contributed by atoms with Crippen LogP contribution < -0.4 is 5.32 Å². The molecule has 2 aromatic rings. The maximum absolute atomic E-state index is 11.7. The molecule has 0 bridgehead atoms. The third kappa shape index (κ3) is 4.97. The van der Waals surface area contributed by atoms with E-state index in [1.807, 2.05) is 24.3 Å². The number of benzene rings is 1. The van der Waals surface area contributed by atoms with Gasteiger partial charge in [-0.2, -0.15) is 4.98 Å². The summed E-state index contributed by atoms with van der Waals surface area (Å²) in [5.41, 5.74) is 0. The highest BCUT2D eigenvalue weighted by Gasteiger charge is 2.05. The molecule has 106 valence electrons. The van der Waals surface area contributed by atoms with Gasteiger partial charge in [0, 0.05) is 22.3 Å². The summed E-state index contributed by atoms with van der Waals surface area (Å²) in [7, 11) is 0. The number of nitrogens with one attached hydrogen (secondary N) is 1. The Labute approximate surface area is 129 Å². The summed E-state index contributed by atoms with van der Waals surface area (Å²) in [6, 6.07) is 7.86. The molecule has 0 aliphatic heterocycles. The van der Waals surface area contributed by atoms with Crippen LogP contribution in [0.15, 0.2) is 38.2 Å². The molecule has 0 atom stereocenters. The van der Waals surface area contributed by atoms with Crippen LogP contribution in [0, 0.1) is 6.92 Å². The van der Waals surface area contributed by atoms with E-state index in [1.165, 1.54) is 11.8 Å². The molecule has 0 saturated heterocycles. The molecule has 0 radical (unpaired) electrons. The Kier molecular flexibility index (Phi) is 5.60. The van der Waals surface area contributed by atoms with Gasteiger partial charge < -0.3 is 9.84 Å². The molecule has 0 aliphatic rings. The van der Waals surface area contributed by atoms with Crippen LogP contribution in [0.5, 0.6) is 0 Å². The van der Waals surface area contributed by atoms with Crippen LogP contribution in [0.25, 0.3) is 0 Å². The van der Waals surface area contributed by atoms with Gasteiger partial charge >= 0.3 is 0 Å². The van der Waals surface area contributed by atoms with E-state index in [2.05, 4.69) is 31.4 Å². The normalized spacial score (nSPS) is 10.5. The number of aryl methyl sites for hydroxylation is 1. The first kappa shape index (κ1) is 15.1. The Hall–Kier alpha value is -1.34. The van der Waals surface area contributed by atoms with Gasteiger partial charge in [0.1, 0.15) is 0 Å². The molecule has 1 aromatic heterocycles. The van der Waals surface area contributed by atoms with Gasteiger partial charge in [-0.1, -0.05) is 21.1 Å². The summed E-state index contributed by atoms with van der Waals surface area (Å²) >= 11 is 4.88. The van der Waals surface area contributed by atoms with Gasteiger partial charge in [-0.25, -0.2) is 0 Å². The Morgan fingerprint density at radius 3 is 2.80 bits per heavy atom. The van der Waals surface area contributed by atoms with Crippen LogP contribution in [-0.4, -0.2) is 28.3 Å². The van der Waals surface area contributed by atoms with Crippen molar-refractivity contribution in [2.24, 2.45) is 0 Å². The molecule has 1 N–H and O–H groups in total. The number of carbonyl (C=O) groups excluding carboxylic acids is 1. The Bertz CT molecular complexity index is 571. The molecular weight excluding hydrogens is 342 g/mol. The SMILES string of the molecule is Cc1noc(CCNC(=O)CSc2ccc(Br)cc2)n1. The third-order valence-corrected chi connectivity index (χ3v) is 3.95. The number of hydrogen-bond donors (Lipinski definition) is 1. The lowest BCUT2D eigenvalue weighted by molar-refractivity contribution is -0.118. The smallest absolute Gasteiger partial charge is 0.230 e. The molecule has 0 unspecified atom stereocenters. The average molecular weight is 356 g/mol. The van der Waals surface area contributed by atoms with E-state index in [0.29, 0.717) is 30.4 Å². The van der Waals surface area contributed by atoms with Crippen LogP contribution in [0.1, 0.15) is 11.7 Å². The highest BCUT2D eigenvalue weighted by atomic mass is 79.9. The van der Waals surface area contributed by atoms with Crippen molar-refractivity contribution in [3.8, 4) is 0 Å². The van der Waals surface area contributed by atoms with Crippen LogP contribution in [-0.2, 0) is 11.2 Å². The lowest BCUT2D eigenvalue weighted by Crippen LogP contribution is -2.27. The minimum absolute atomic E-state index is 0.00541. The van der Waals surface area contributed by atoms with Crippen molar-refractivity contribution in [3.63, 3.8) is 0 Å². The number of halogens is 1. The van der Waals surface area contributed by atoms with Crippen LogP contribution in [0.2, 0.25) is 0 Å². The zero-order chi connectivity index (χ0) is 14.4. The first-order valence-corrected chi connectivity index (χ1v) is 7.85. The highest BCUT2D eigenvalue weighted by Crippen LogP contribution is 2.20. The maximum atomic E-state index is 11.7. The van der Waals surface area contributed by atoms with Crippen molar-refractivity contribution in [2.75, 3.05) is 12.3 Å². The second-order valence-electron chi connectivity index (χ2n) is 4.08. The number of rotatable bonds is 6. The van der Waals surface area contributed by atoms with E-state index in [-0.39, 0.29) is 5.91 Å². The maximum Gasteiger partial charge on any atom is 0.230 e. The van der Waals surface area contributed by atoms with Crippen molar-refractivity contribution in [1.82, 2.24) is 15.5 Å². The van der Waals surface area contributed by atoms with Crippen LogP contribution >= 0.6 is 27.7 Å². The molecule has 1 heterocycles. The van der Waals surface area contributed by atoms with Gasteiger partial charge in [-0.05, 0) is 31.2 Å². The summed E-state index contributed by atoms with van der Waals surface area (Å²) in [6.45, 7) is 2.27. The average Bonchev–Trinajstić information content (AvgIpc) is 2.84. The third-order valence-electron chi connectivity index (χ3n) is 2.41. The predicted octanol–water partition coefficient (Wildman–Crippen LogP) is 2.59. The number of hydrogen-bond acceptors (Lipinski definition) is 5. The minimum Gasteiger partial charge on any atom is -0.355 e. The lowest BCUT2D eigenvalue weighted by atomic mass is 10.4. The van der Waals surface area contributed by atoms with E-state index in [4.69, 9.17) is 4.52 Å². The van der Waals surface area contributed by atoms with E-state index in [1.54, 1.807) is 6.92 Å². The number of nitrogens with zero attached hydrogens (tertiary/aromatic N) is 2. The van der Waals surface area contributed by atoms with Crippen molar-refractivity contribution >= 4 is 33.6 Å². The fraction of sp³-hybridized carbons (Fsp3) is 0.308. The first-order chi connectivity index (χ1) is 9.63. The van der Waals surface area contributed by atoms with Crippen molar-refractivity contribution in [2.45, 2.75) is 18.2 Å². The lowest BCUT2D eigenvalue weighted by Gasteiger charge is -2.03. The molecule has 0 spiro atoms.